The molecule has 1 N–H and O–H groups in total. The van der Waals surface area contributed by atoms with Crippen LogP contribution in [0.15, 0.2) is 24.3 Å². The van der Waals surface area contributed by atoms with Crippen molar-refractivity contribution in [1.29, 1.82) is 0 Å². The van der Waals surface area contributed by atoms with Gasteiger partial charge in [-0.15, -0.1) is 0 Å². The van der Waals surface area contributed by atoms with Gasteiger partial charge < -0.3 is 5.32 Å². The van der Waals surface area contributed by atoms with Gasteiger partial charge in [-0.2, -0.15) is 0 Å². The Hall–Kier alpha value is -0.530. The van der Waals surface area contributed by atoms with E-state index in [0.717, 1.165) is 22.9 Å². The smallest absolute Gasteiger partial charge is 0.0453 e. The van der Waals surface area contributed by atoms with Crippen LogP contribution in [-0.2, 0) is 0 Å². The van der Waals surface area contributed by atoms with Gasteiger partial charge in [-0.05, 0) is 43.2 Å². The van der Waals surface area contributed by atoms with Crippen LogP contribution in [0, 0.1) is 11.8 Å². The Kier molecular flexibility index (Phi) is 3.14. The SMILES string of the molecule is C[C@@H](NC1CCC[C@H]2C[C@@H]12)c1ccccc1Cl. The standard InChI is InChI=1S/C15H20ClN/c1-10(12-6-2-3-7-14(12)16)17-15-8-4-5-11-9-13(11)15/h2-3,6-7,10-11,13,15,17H,4-5,8-9H2,1H3/t10-,11+,13-,15?/m1/s1. The first-order valence-corrected chi connectivity index (χ1v) is 7.14. The highest BCUT2D eigenvalue weighted by molar-refractivity contribution is 6.31. The lowest BCUT2D eigenvalue weighted by Crippen LogP contribution is -2.35. The third-order valence-electron chi connectivity index (χ3n) is 4.42. The van der Waals surface area contributed by atoms with Gasteiger partial charge in [0, 0.05) is 17.1 Å². The van der Waals surface area contributed by atoms with E-state index in [1.807, 2.05) is 12.1 Å². The van der Waals surface area contributed by atoms with E-state index in [1.165, 1.54) is 31.2 Å². The predicted octanol–water partition coefficient (Wildman–Crippen LogP) is 4.18. The van der Waals surface area contributed by atoms with Crippen LogP contribution in [0.1, 0.15) is 44.2 Å². The molecule has 1 unspecified atom stereocenters. The fraction of sp³-hybridized carbons (Fsp3) is 0.600. The Bertz CT molecular complexity index is 404. The summed E-state index contributed by atoms with van der Waals surface area (Å²) in [5.41, 5.74) is 1.23. The molecule has 0 radical (unpaired) electrons. The summed E-state index contributed by atoms with van der Waals surface area (Å²) < 4.78 is 0. The predicted molar refractivity (Wildman–Crippen MR) is 72.2 cm³/mol. The Morgan fingerprint density at radius 2 is 2.12 bits per heavy atom. The fourth-order valence-electron chi connectivity index (χ4n) is 3.35. The van der Waals surface area contributed by atoms with Crippen molar-refractivity contribution >= 4 is 11.6 Å². The molecule has 1 aromatic rings. The molecule has 0 bridgehead atoms. The lowest BCUT2D eigenvalue weighted by Gasteiger charge is -2.27. The van der Waals surface area contributed by atoms with Crippen molar-refractivity contribution in [3.05, 3.63) is 34.9 Å². The van der Waals surface area contributed by atoms with Crippen LogP contribution in [0.5, 0.6) is 0 Å². The summed E-state index contributed by atoms with van der Waals surface area (Å²) in [5, 5.41) is 4.67. The Labute approximate surface area is 109 Å². The highest BCUT2D eigenvalue weighted by Crippen LogP contribution is 2.50. The van der Waals surface area contributed by atoms with E-state index >= 15 is 0 Å². The molecule has 4 atom stereocenters. The van der Waals surface area contributed by atoms with E-state index in [0.29, 0.717) is 6.04 Å². The number of rotatable bonds is 3. The fourth-order valence-corrected chi connectivity index (χ4v) is 3.65. The maximum absolute atomic E-state index is 6.24. The van der Waals surface area contributed by atoms with Crippen molar-refractivity contribution in [3.63, 3.8) is 0 Å². The largest absolute Gasteiger partial charge is 0.307 e. The molecule has 0 aliphatic heterocycles. The summed E-state index contributed by atoms with van der Waals surface area (Å²) >= 11 is 6.24. The van der Waals surface area contributed by atoms with Gasteiger partial charge in [0.1, 0.15) is 0 Å². The Morgan fingerprint density at radius 1 is 1.29 bits per heavy atom. The maximum atomic E-state index is 6.24. The summed E-state index contributed by atoms with van der Waals surface area (Å²) in [6.45, 7) is 2.23. The third kappa shape index (κ3) is 2.36. The van der Waals surface area contributed by atoms with Gasteiger partial charge >= 0.3 is 0 Å². The summed E-state index contributed by atoms with van der Waals surface area (Å²) in [6, 6.07) is 9.27. The molecule has 2 saturated carbocycles. The maximum Gasteiger partial charge on any atom is 0.0453 e. The lowest BCUT2D eigenvalue weighted by atomic mass is 9.94. The highest BCUT2D eigenvalue weighted by atomic mass is 35.5. The first kappa shape index (κ1) is 11.6. The zero-order valence-electron chi connectivity index (χ0n) is 10.3. The van der Waals surface area contributed by atoms with E-state index in [4.69, 9.17) is 11.6 Å². The zero-order valence-corrected chi connectivity index (χ0v) is 11.1. The van der Waals surface area contributed by atoms with E-state index in [1.54, 1.807) is 0 Å². The number of hydrogen-bond acceptors (Lipinski definition) is 1. The second kappa shape index (κ2) is 4.62. The molecule has 1 nitrogen and oxygen atoms in total. The van der Waals surface area contributed by atoms with Gasteiger partial charge in [0.05, 0.1) is 0 Å². The minimum atomic E-state index is 0.369. The van der Waals surface area contributed by atoms with Gasteiger partial charge in [0.2, 0.25) is 0 Å². The van der Waals surface area contributed by atoms with Crippen LogP contribution in [0.3, 0.4) is 0 Å². The first-order chi connectivity index (χ1) is 8.25. The van der Waals surface area contributed by atoms with Gasteiger partial charge in [-0.25, -0.2) is 0 Å². The molecule has 1 aromatic carbocycles. The van der Waals surface area contributed by atoms with Crippen molar-refractivity contribution in [2.45, 2.75) is 44.7 Å². The molecule has 2 fully saturated rings. The molecule has 0 aromatic heterocycles. The zero-order chi connectivity index (χ0) is 11.8. The van der Waals surface area contributed by atoms with E-state index in [-0.39, 0.29) is 0 Å². The molecule has 92 valence electrons. The molecule has 0 heterocycles. The molecule has 2 aliphatic rings. The van der Waals surface area contributed by atoms with Crippen LogP contribution >= 0.6 is 11.6 Å². The Morgan fingerprint density at radius 3 is 2.94 bits per heavy atom. The normalized spacial score (nSPS) is 32.9. The number of nitrogens with one attached hydrogen (secondary N) is 1. The van der Waals surface area contributed by atoms with Gasteiger partial charge in [-0.3, -0.25) is 0 Å². The van der Waals surface area contributed by atoms with Crippen molar-refractivity contribution < 1.29 is 0 Å². The molecule has 3 rings (SSSR count). The minimum absolute atomic E-state index is 0.369. The molecule has 0 amide bonds. The molecule has 0 spiro atoms. The van der Waals surface area contributed by atoms with Crippen molar-refractivity contribution in [2.75, 3.05) is 0 Å². The number of fused-ring (bicyclic) bond motifs is 1. The van der Waals surface area contributed by atoms with Gasteiger partial charge in [0.15, 0.2) is 0 Å². The minimum Gasteiger partial charge on any atom is -0.307 e. The second-order valence-electron chi connectivity index (χ2n) is 5.61. The number of hydrogen-bond donors (Lipinski definition) is 1. The average Bonchev–Trinajstić information content (AvgIpc) is 3.09. The van der Waals surface area contributed by atoms with E-state index in [9.17, 15) is 0 Å². The first-order valence-electron chi connectivity index (χ1n) is 6.76. The van der Waals surface area contributed by atoms with Crippen molar-refractivity contribution in [2.24, 2.45) is 11.8 Å². The monoisotopic (exact) mass is 249 g/mol. The van der Waals surface area contributed by atoms with Crippen LogP contribution < -0.4 is 5.32 Å². The quantitative estimate of drug-likeness (QED) is 0.848. The topological polar surface area (TPSA) is 12.0 Å². The summed E-state index contributed by atoms with van der Waals surface area (Å²) in [7, 11) is 0. The van der Waals surface area contributed by atoms with Crippen LogP contribution in [0.25, 0.3) is 0 Å². The molecular weight excluding hydrogens is 230 g/mol. The average molecular weight is 250 g/mol. The molecule has 2 aliphatic carbocycles. The van der Waals surface area contributed by atoms with Crippen LogP contribution in [0.2, 0.25) is 5.02 Å². The van der Waals surface area contributed by atoms with Crippen molar-refractivity contribution in [3.8, 4) is 0 Å². The summed E-state index contributed by atoms with van der Waals surface area (Å²) in [5.74, 6) is 1.98. The Balaban J connectivity index is 1.67. The molecular formula is C15H20ClN. The van der Waals surface area contributed by atoms with Gasteiger partial charge in [-0.1, -0.05) is 42.6 Å². The van der Waals surface area contributed by atoms with Crippen molar-refractivity contribution in [1.82, 2.24) is 5.32 Å². The van der Waals surface area contributed by atoms with E-state index < -0.39 is 0 Å². The van der Waals surface area contributed by atoms with E-state index in [2.05, 4.69) is 24.4 Å². The molecule has 17 heavy (non-hydrogen) atoms. The third-order valence-corrected chi connectivity index (χ3v) is 4.76. The lowest BCUT2D eigenvalue weighted by molar-refractivity contribution is 0.329. The van der Waals surface area contributed by atoms with Crippen LogP contribution in [-0.4, -0.2) is 6.04 Å². The number of halogens is 1. The molecule has 2 heteroatoms. The number of benzene rings is 1. The van der Waals surface area contributed by atoms with Gasteiger partial charge in [0.25, 0.3) is 0 Å². The van der Waals surface area contributed by atoms with Crippen LogP contribution in [0.4, 0.5) is 0 Å². The summed E-state index contributed by atoms with van der Waals surface area (Å²) in [6.07, 6.45) is 5.65. The summed E-state index contributed by atoms with van der Waals surface area (Å²) in [4.78, 5) is 0. The second-order valence-corrected chi connectivity index (χ2v) is 6.01. The molecule has 0 saturated heterocycles. The highest BCUT2D eigenvalue weighted by Gasteiger charge is 2.45.